The lowest BCUT2D eigenvalue weighted by atomic mass is 10.1. The highest BCUT2D eigenvalue weighted by molar-refractivity contribution is 7.89. The molecule has 158 valence electrons. The number of benzene rings is 1. The van der Waals surface area contributed by atoms with E-state index in [4.69, 9.17) is 9.15 Å². The second-order valence-corrected chi connectivity index (χ2v) is 9.01. The Balaban J connectivity index is 1.78. The van der Waals surface area contributed by atoms with E-state index in [0.29, 0.717) is 29.6 Å². The monoisotopic (exact) mass is 430 g/mol. The van der Waals surface area contributed by atoms with E-state index < -0.39 is 16.0 Å². The molecule has 1 aromatic carbocycles. The topological polar surface area (TPSA) is 98.8 Å². The van der Waals surface area contributed by atoms with Gasteiger partial charge in [-0.2, -0.15) is 4.31 Å². The quantitative estimate of drug-likeness (QED) is 0.558. The molecule has 8 nitrogen and oxygen atoms in total. The number of sulfonamides is 1. The molecule has 1 aliphatic rings. The summed E-state index contributed by atoms with van der Waals surface area (Å²) in [4.78, 5) is 25.0. The Labute approximate surface area is 173 Å². The molecule has 0 saturated carbocycles. The lowest BCUT2D eigenvalue weighted by Crippen LogP contribution is -2.30. The summed E-state index contributed by atoms with van der Waals surface area (Å²) >= 11 is 0. The minimum Gasteiger partial charge on any atom is -0.460 e. The second kappa shape index (κ2) is 8.08. The summed E-state index contributed by atoms with van der Waals surface area (Å²) in [5.74, 6) is -0.615. The average molecular weight is 430 g/mol. The fraction of sp³-hybridized carbons (Fsp3) is 0.333. The van der Waals surface area contributed by atoms with Crippen LogP contribution in [0.15, 0.2) is 56.7 Å². The molecule has 0 spiro atoms. The van der Waals surface area contributed by atoms with Crippen LogP contribution in [0.1, 0.15) is 35.9 Å². The second-order valence-electron chi connectivity index (χ2n) is 7.07. The first-order valence-electron chi connectivity index (χ1n) is 9.80. The highest BCUT2D eigenvalue weighted by atomic mass is 32.2. The Kier molecular flexibility index (Phi) is 5.48. The SMILES string of the molecule is CCOC(=O)c1oc2ccccc2c1Cn1cc(S(=O)(=O)N2CCCC2)ccc1=O. The van der Waals surface area contributed by atoms with Gasteiger partial charge in [-0.1, -0.05) is 18.2 Å². The zero-order valence-electron chi connectivity index (χ0n) is 16.5. The van der Waals surface area contributed by atoms with Gasteiger partial charge in [0, 0.05) is 36.3 Å². The lowest BCUT2D eigenvalue weighted by molar-refractivity contribution is 0.0490. The van der Waals surface area contributed by atoms with Crippen LogP contribution in [0.25, 0.3) is 11.0 Å². The van der Waals surface area contributed by atoms with Crippen molar-refractivity contribution in [3.63, 3.8) is 0 Å². The van der Waals surface area contributed by atoms with Crippen LogP contribution < -0.4 is 5.56 Å². The van der Waals surface area contributed by atoms with Crippen LogP contribution in [0.4, 0.5) is 0 Å². The van der Waals surface area contributed by atoms with Crippen molar-refractivity contribution in [2.24, 2.45) is 0 Å². The Morgan fingerprint density at radius 2 is 1.87 bits per heavy atom. The van der Waals surface area contributed by atoms with E-state index in [1.165, 1.54) is 27.2 Å². The van der Waals surface area contributed by atoms with Gasteiger partial charge in [0.1, 0.15) is 5.58 Å². The number of ether oxygens (including phenoxy) is 1. The molecule has 0 aliphatic carbocycles. The molecule has 4 rings (SSSR count). The molecule has 0 atom stereocenters. The molecule has 0 radical (unpaired) electrons. The fourth-order valence-electron chi connectivity index (χ4n) is 3.65. The Hall–Kier alpha value is -2.91. The smallest absolute Gasteiger partial charge is 0.374 e. The first-order chi connectivity index (χ1) is 14.4. The molecule has 1 aliphatic heterocycles. The van der Waals surface area contributed by atoms with Crippen LogP contribution >= 0.6 is 0 Å². The van der Waals surface area contributed by atoms with Crippen molar-refractivity contribution < 1.29 is 22.4 Å². The van der Waals surface area contributed by atoms with Crippen LogP contribution in [0.3, 0.4) is 0 Å². The predicted octanol–water partition coefficient (Wildman–Crippen LogP) is 2.60. The summed E-state index contributed by atoms with van der Waals surface area (Å²) in [7, 11) is -3.68. The highest BCUT2D eigenvalue weighted by Crippen LogP contribution is 2.27. The van der Waals surface area contributed by atoms with Crippen molar-refractivity contribution in [2.45, 2.75) is 31.2 Å². The summed E-state index contributed by atoms with van der Waals surface area (Å²) in [6, 6.07) is 9.64. The van der Waals surface area contributed by atoms with E-state index in [1.54, 1.807) is 31.2 Å². The molecule has 1 fully saturated rings. The number of carbonyl (C=O) groups is 1. The summed E-state index contributed by atoms with van der Waals surface area (Å²) in [6.07, 6.45) is 2.97. The average Bonchev–Trinajstić information content (AvgIpc) is 3.39. The lowest BCUT2D eigenvalue weighted by Gasteiger charge is -2.16. The van der Waals surface area contributed by atoms with Crippen molar-refractivity contribution in [2.75, 3.05) is 19.7 Å². The van der Waals surface area contributed by atoms with Gasteiger partial charge in [-0.15, -0.1) is 0 Å². The number of hydrogen-bond donors (Lipinski definition) is 0. The molecular formula is C21H22N2O6S. The van der Waals surface area contributed by atoms with Crippen molar-refractivity contribution in [1.82, 2.24) is 8.87 Å². The van der Waals surface area contributed by atoms with Gasteiger partial charge in [-0.25, -0.2) is 13.2 Å². The molecule has 1 saturated heterocycles. The molecule has 0 bridgehead atoms. The zero-order chi connectivity index (χ0) is 21.3. The number of pyridine rings is 1. The van der Waals surface area contributed by atoms with Crippen molar-refractivity contribution in [1.29, 1.82) is 0 Å². The van der Waals surface area contributed by atoms with Crippen LogP contribution in [0, 0.1) is 0 Å². The van der Waals surface area contributed by atoms with Gasteiger partial charge in [0.25, 0.3) is 5.56 Å². The highest BCUT2D eigenvalue weighted by Gasteiger charge is 2.28. The van der Waals surface area contributed by atoms with Crippen LogP contribution in [-0.4, -0.2) is 43.0 Å². The Morgan fingerprint density at radius 1 is 1.13 bits per heavy atom. The van der Waals surface area contributed by atoms with E-state index in [0.717, 1.165) is 12.8 Å². The van der Waals surface area contributed by atoms with Crippen molar-refractivity contribution in [3.8, 4) is 0 Å². The fourth-order valence-corrected chi connectivity index (χ4v) is 5.19. The summed E-state index contributed by atoms with van der Waals surface area (Å²) in [5, 5.41) is 0.667. The van der Waals surface area contributed by atoms with Gasteiger partial charge >= 0.3 is 5.97 Å². The number of rotatable bonds is 6. The number of furan rings is 1. The maximum Gasteiger partial charge on any atom is 0.374 e. The molecule has 0 N–H and O–H groups in total. The minimum atomic E-state index is -3.68. The first-order valence-corrected chi connectivity index (χ1v) is 11.2. The van der Waals surface area contributed by atoms with Gasteiger partial charge < -0.3 is 13.7 Å². The summed E-state index contributed by atoms with van der Waals surface area (Å²) < 4.78 is 39.3. The van der Waals surface area contributed by atoms with Gasteiger partial charge in [0.15, 0.2) is 0 Å². The molecule has 0 unspecified atom stereocenters. The number of carbonyl (C=O) groups excluding carboxylic acids is 1. The first kappa shape index (κ1) is 20.4. The maximum absolute atomic E-state index is 12.9. The van der Waals surface area contributed by atoms with Crippen LogP contribution in [0.5, 0.6) is 0 Å². The third-order valence-corrected chi connectivity index (χ3v) is 7.03. The van der Waals surface area contributed by atoms with Crippen LogP contribution in [0.2, 0.25) is 0 Å². The van der Waals surface area contributed by atoms with Gasteiger partial charge in [-0.3, -0.25) is 4.79 Å². The third kappa shape index (κ3) is 3.66. The summed E-state index contributed by atoms with van der Waals surface area (Å²) in [5.41, 5.74) is 0.585. The maximum atomic E-state index is 12.9. The Morgan fingerprint density at radius 3 is 2.60 bits per heavy atom. The molecule has 30 heavy (non-hydrogen) atoms. The largest absolute Gasteiger partial charge is 0.460 e. The van der Waals surface area contributed by atoms with E-state index in [1.807, 2.05) is 0 Å². The number of fused-ring (bicyclic) bond motifs is 1. The number of esters is 1. The molecule has 3 heterocycles. The number of nitrogens with zero attached hydrogens (tertiary/aromatic N) is 2. The predicted molar refractivity (Wildman–Crippen MR) is 110 cm³/mol. The van der Waals surface area contributed by atoms with Gasteiger partial charge in [0.05, 0.1) is 18.0 Å². The minimum absolute atomic E-state index is 0.0118. The number of aromatic nitrogens is 1. The van der Waals surface area contributed by atoms with Crippen molar-refractivity contribution in [3.05, 3.63) is 64.3 Å². The molecule has 3 aromatic rings. The number of hydrogen-bond acceptors (Lipinski definition) is 6. The van der Waals surface area contributed by atoms with Gasteiger partial charge in [-0.05, 0) is 31.9 Å². The normalized spacial score (nSPS) is 15.0. The molecule has 2 aromatic heterocycles. The zero-order valence-corrected chi connectivity index (χ0v) is 17.4. The number of para-hydroxylation sites is 1. The van der Waals surface area contributed by atoms with E-state index in [-0.39, 0.29) is 29.4 Å². The van der Waals surface area contributed by atoms with Crippen molar-refractivity contribution >= 4 is 27.0 Å². The molecule has 9 heteroatoms. The van der Waals surface area contributed by atoms with E-state index >= 15 is 0 Å². The molecule has 0 amide bonds. The third-order valence-electron chi connectivity index (χ3n) is 5.15. The van der Waals surface area contributed by atoms with Crippen LogP contribution in [-0.2, 0) is 21.3 Å². The molecular weight excluding hydrogens is 408 g/mol. The summed E-state index contributed by atoms with van der Waals surface area (Å²) in [6.45, 7) is 2.80. The van der Waals surface area contributed by atoms with Gasteiger partial charge in [0.2, 0.25) is 15.8 Å². The standard InChI is InChI=1S/C21H22N2O6S/c1-2-28-21(25)20-17(16-7-3-4-8-18(16)29-20)14-22-13-15(9-10-19(22)24)30(26,27)23-11-5-6-12-23/h3-4,7-10,13H,2,5-6,11-12,14H2,1H3. The van der Waals surface area contributed by atoms with E-state index in [9.17, 15) is 18.0 Å². The Bertz CT molecular complexity index is 1250. The van der Waals surface area contributed by atoms with E-state index in [2.05, 4.69) is 0 Å².